The van der Waals surface area contributed by atoms with Gasteiger partial charge in [-0.1, -0.05) is 13.8 Å². The number of ether oxygens (including phenoxy) is 1. The van der Waals surface area contributed by atoms with Crippen LogP contribution >= 0.6 is 0 Å². The molecule has 1 aliphatic heterocycles. The van der Waals surface area contributed by atoms with Gasteiger partial charge in [-0.15, -0.1) is 0 Å². The fourth-order valence-electron chi connectivity index (χ4n) is 2.78. The average Bonchev–Trinajstić information content (AvgIpc) is 2.61. The van der Waals surface area contributed by atoms with Gasteiger partial charge in [0, 0.05) is 32.1 Å². The third kappa shape index (κ3) is 4.92. The second-order valence-corrected chi connectivity index (χ2v) is 6.44. The van der Waals surface area contributed by atoms with Crippen molar-refractivity contribution in [2.24, 2.45) is 5.92 Å². The first-order valence-electron chi connectivity index (χ1n) is 8.45. The number of hydrogen-bond donors (Lipinski definition) is 1. The van der Waals surface area contributed by atoms with Gasteiger partial charge in [-0.05, 0) is 12.1 Å². The molecule has 0 atom stereocenters. The van der Waals surface area contributed by atoms with Gasteiger partial charge in [0.15, 0.2) is 0 Å². The van der Waals surface area contributed by atoms with Crippen LogP contribution in [-0.2, 0) is 9.59 Å². The van der Waals surface area contributed by atoms with Crippen molar-refractivity contribution in [1.82, 2.24) is 9.80 Å². The molecule has 1 heterocycles. The molecule has 2 rings (SSSR count). The maximum absolute atomic E-state index is 12.2. The second-order valence-electron chi connectivity index (χ2n) is 6.44. The van der Waals surface area contributed by atoms with Gasteiger partial charge in [-0.2, -0.15) is 0 Å². The van der Waals surface area contributed by atoms with Crippen molar-refractivity contribution in [3.63, 3.8) is 0 Å². The minimum Gasteiger partial charge on any atom is -0.496 e. The Morgan fingerprint density at radius 3 is 2.46 bits per heavy atom. The van der Waals surface area contributed by atoms with E-state index in [1.54, 1.807) is 11.0 Å². The zero-order chi connectivity index (χ0) is 19.3. The van der Waals surface area contributed by atoms with Crippen LogP contribution in [0.3, 0.4) is 0 Å². The molecule has 1 aromatic rings. The number of hydrogen-bond acceptors (Lipinski definition) is 6. The normalized spacial score (nSPS) is 15.0. The van der Waals surface area contributed by atoms with Crippen molar-refractivity contribution in [1.29, 1.82) is 0 Å². The van der Waals surface area contributed by atoms with Crippen LogP contribution in [0, 0.1) is 16.0 Å². The van der Waals surface area contributed by atoms with Crippen LogP contribution in [0.25, 0.3) is 0 Å². The fraction of sp³-hybridized carbons (Fsp3) is 0.529. The van der Waals surface area contributed by atoms with Crippen LogP contribution in [0.2, 0.25) is 0 Å². The summed E-state index contributed by atoms with van der Waals surface area (Å²) in [5.41, 5.74) is -0.0838. The molecule has 0 bridgehead atoms. The van der Waals surface area contributed by atoms with E-state index in [1.807, 2.05) is 18.7 Å². The molecule has 9 nitrogen and oxygen atoms in total. The average molecular weight is 364 g/mol. The summed E-state index contributed by atoms with van der Waals surface area (Å²) in [5, 5.41) is 13.8. The first-order valence-corrected chi connectivity index (χ1v) is 8.45. The minimum absolute atomic E-state index is 0.0412. The van der Waals surface area contributed by atoms with Gasteiger partial charge in [0.25, 0.3) is 5.69 Å². The van der Waals surface area contributed by atoms with Crippen LogP contribution in [0.5, 0.6) is 5.75 Å². The molecule has 9 heteroatoms. The topological polar surface area (TPSA) is 105 Å². The Bertz CT molecular complexity index is 684. The first kappa shape index (κ1) is 19.6. The Labute approximate surface area is 152 Å². The lowest BCUT2D eigenvalue weighted by Crippen LogP contribution is -2.51. The molecule has 1 N–H and O–H groups in total. The maximum atomic E-state index is 12.2. The van der Waals surface area contributed by atoms with Crippen molar-refractivity contribution in [2.45, 2.75) is 13.8 Å². The number of methoxy groups -OCH3 is 1. The van der Waals surface area contributed by atoms with Crippen LogP contribution in [0.15, 0.2) is 18.2 Å². The molecule has 1 fully saturated rings. The smallest absolute Gasteiger partial charge is 0.296 e. The number of nitrogens with one attached hydrogen (secondary N) is 1. The zero-order valence-corrected chi connectivity index (χ0v) is 15.2. The Morgan fingerprint density at radius 2 is 1.92 bits per heavy atom. The second kappa shape index (κ2) is 8.61. The molecule has 0 saturated carbocycles. The van der Waals surface area contributed by atoms with Crippen LogP contribution in [0.4, 0.5) is 11.4 Å². The summed E-state index contributed by atoms with van der Waals surface area (Å²) in [6.45, 7) is 6.19. The van der Waals surface area contributed by atoms with Crippen LogP contribution < -0.4 is 10.1 Å². The molecule has 0 unspecified atom stereocenters. The van der Waals surface area contributed by atoms with Crippen LogP contribution in [-0.4, -0.2) is 66.4 Å². The molecular formula is C17H24N4O5. The van der Waals surface area contributed by atoms with E-state index in [4.69, 9.17) is 4.74 Å². The third-order valence-corrected chi connectivity index (χ3v) is 4.22. The monoisotopic (exact) mass is 364 g/mol. The van der Waals surface area contributed by atoms with E-state index in [-0.39, 0.29) is 35.7 Å². The molecule has 2 amide bonds. The number of nitro groups is 1. The van der Waals surface area contributed by atoms with Gasteiger partial charge < -0.3 is 15.0 Å². The summed E-state index contributed by atoms with van der Waals surface area (Å²) in [6, 6.07) is 4.28. The van der Waals surface area contributed by atoms with Gasteiger partial charge in [0.05, 0.1) is 24.6 Å². The van der Waals surface area contributed by atoms with Gasteiger partial charge in [-0.25, -0.2) is 0 Å². The predicted molar refractivity (Wildman–Crippen MR) is 96.1 cm³/mol. The molecular weight excluding hydrogens is 340 g/mol. The van der Waals surface area contributed by atoms with Crippen LogP contribution in [0.1, 0.15) is 13.8 Å². The Kier molecular flexibility index (Phi) is 6.51. The molecule has 1 aliphatic rings. The highest BCUT2D eigenvalue weighted by Gasteiger charge is 2.24. The maximum Gasteiger partial charge on any atom is 0.296 e. The number of nitro benzene ring substituents is 1. The minimum atomic E-state index is -0.561. The number of nitrogens with zero attached hydrogens (tertiary/aromatic N) is 3. The van der Waals surface area contributed by atoms with E-state index in [0.717, 1.165) is 0 Å². The fourth-order valence-corrected chi connectivity index (χ4v) is 2.78. The lowest BCUT2D eigenvalue weighted by atomic mass is 10.1. The molecule has 26 heavy (non-hydrogen) atoms. The molecule has 0 radical (unpaired) electrons. The number of carbonyl (C=O) groups is 2. The number of carbonyl (C=O) groups excluding carboxylic acids is 2. The van der Waals surface area contributed by atoms with Crippen molar-refractivity contribution in [2.75, 3.05) is 45.2 Å². The Balaban J connectivity index is 1.92. The summed E-state index contributed by atoms with van der Waals surface area (Å²) < 4.78 is 4.98. The van der Waals surface area contributed by atoms with E-state index in [0.29, 0.717) is 31.9 Å². The highest BCUT2D eigenvalue weighted by atomic mass is 16.6. The highest BCUT2D eigenvalue weighted by Crippen LogP contribution is 2.28. The lowest BCUT2D eigenvalue weighted by molar-refractivity contribution is -0.384. The molecule has 0 spiro atoms. The van der Waals surface area contributed by atoms with E-state index in [2.05, 4.69) is 5.32 Å². The van der Waals surface area contributed by atoms with Gasteiger partial charge in [-0.3, -0.25) is 24.6 Å². The van der Waals surface area contributed by atoms with Gasteiger partial charge in [0.2, 0.25) is 11.8 Å². The number of piperazine rings is 1. The Hall–Kier alpha value is -2.68. The quantitative estimate of drug-likeness (QED) is 0.603. The SMILES string of the molecule is COc1ccc(NC(=O)CN2CCN(C(=O)C(C)C)CC2)c([N+](=O)[O-])c1. The molecule has 142 valence electrons. The van der Waals surface area contributed by atoms with E-state index in [1.165, 1.54) is 19.2 Å². The largest absolute Gasteiger partial charge is 0.496 e. The number of anilines is 1. The molecule has 1 saturated heterocycles. The third-order valence-electron chi connectivity index (χ3n) is 4.22. The summed E-state index contributed by atoms with van der Waals surface area (Å²) in [6.07, 6.45) is 0. The van der Waals surface area contributed by atoms with Crippen molar-refractivity contribution < 1.29 is 19.2 Å². The number of benzene rings is 1. The lowest BCUT2D eigenvalue weighted by Gasteiger charge is -2.35. The van der Waals surface area contributed by atoms with Crippen molar-refractivity contribution in [3.05, 3.63) is 28.3 Å². The van der Waals surface area contributed by atoms with Crippen molar-refractivity contribution in [3.8, 4) is 5.75 Å². The summed E-state index contributed by atoms with van der Waals surface area (Å²) in [7, 11) is 1.42. The molecule has 0 aliphatic carbocycles. The number of rotatable bonds is 6. The summed E-state index contributed by atoms with van der Waals surface area (Å²) in [4.78, 5) is 38.6. The highest BCUT2D eigenvalue weighted by molar-refractivity contribution is 5.94. The van der Waals surface area contributed by atoms with Crippen molar-refractivity contribution >= 4 is 23.2 Å². The predicted octanol–water partition coefficient (Wildman–Crippen LogP) is 1.34. The van der Waals surface area contributed by atoms with E-state index < -0.39 is 4.92 Å². The van der Waals surface area contributed by atoms with E-state index >= 15 is 0 Å². The Morgan fingerprint density at radius 1 is 1.27 bits per heavy atom. The van der Waals surface area contributed by atoms with E-state index in [9.17, 15) is 19.7 Å². The van der Waals surface area contributed by atoms with Gasteiger partial charge in [0.1, 0.15) is 11.4 Å². The van der Waals surface area contributed by atoms with Gasteiger partial charge >= 0.3 is 0 Å². The number of amides is 2. The summed E-state index contributed by atoms with van der Waals surface area (Å²) in [5.74, 6) is 0.0889. The summed E-state index contributed by atoms with van der Waals surface area (Å²) >= 11 is 0. The molecule has 1 aromatic carbocycles. The zero-order valence-electron chi connectivity index (χ0n) is 15.2. The molecule has 0 aromatic heterocycles. The first-order chi connectivity index (χ1) is 12.3. The standard InChI is InChI=1S/C17H24N4O5/c1-12(2)17(23)20-8-6-19(7-9-20)11-16(22)18-14-5-4-13(26-3)10-15(14)21(24)25/h4-5,10,12H,6-9,11H2,1-3H3,(H,18,22).